The van der Waals surface area contributed by atoms with Crippen LogP contribution in [-0.4, -0.2) is 11.0 Å². The smallest absolute Gasteiger partial charge is 0 e. The first-order valence-corrected chi connectivity index (χ1v) is 0. The van der Waals surface area contributed by atoms with Crippen molar-refractivity contribution in [3.8, 4) is 0 Å². The summed E-state index contributed by atoms with van der Waals surface area (Å²) in [4.78, 5) is 0. The summed E-state index contributed by atoms with van der Waals surface area (Å²) in [7, 11) is 0. The Bertz CT molecular complexity index is 15.5. The molecule has 0 N–H and O–H groups in total. The van der Waals surface area contributed by atoms with Gasteiger partial charge in [-0.1, -0.05) is 0 Å². The van der Waals surface area contributed by atoms with E-state index in [1.54, 1.807) is 0 Å². The Morgan fingerprint density at radius 1 is 1.00 bits per heavy atom. The zero-order valence-corrected chi connectivity index (χ0v) is 9.92. The van der Waals surface area contributed by atoms with Gasteiger partial charge in [-0.25, -0.2) is 0 Å². The van der Waals surface area contributed by atoms with E-state index in [0.29, 0.717) is 0 Å². The van der Waals surface area contributed by atoms with Crippen LogP contribution in [0.1, 0.15) is 0 Å². The molecule has 41 valence electrons. The molecule has 5 radical (unpaired) electrons. The van der Waals surface area contributed by atoms with Crippen molar-refractivity contribution in [3.05, 3.63) is 0 Å². The molecule has 0 atom stereocenters. The van der Waals surface area contributed by atoms with Gasteiger partial charge >= 0.3 is 0 Å². The molecule has 0 nitrogen and oxygen atoms in total. The van der Waals surface area contributed by atoms with Crippen molar-refractivity contribution < 1.29 is 89.1 Å². The number of hydrogen-bond acceptors (Lipinski definition) is 0. The third-order valence-electron chi connectivity index (χ3n) is 0. The van der Waals surface area contributed by atoms with Crippen LogP contribution < -0.4 is 0 Å². The second-order valence-corrected chi connectivity index (χ2v) is 0. The largest absolute Gasteiger partial charge is 0 e. The molecule has 0 amide bonds. The predicted molar refractivity (Wildman–Crippen MR) is 5.75 cm³/mol. The maximum atomic E-state index is 0. The van der Waals surface area contributed by atoms with Gasteiger partial charge in [-0.3, -0.25) is 0 Å². The fourth-order valence-electron chi connectivity index (χ4n) is 0. The molecule has 0 bridgehead atoms. The maximum absolute atomic E-state index is 0. The molecule has 6 heteroatoms. The van der Waals surface area contributed by atoms with Crippen molar-refractivity contribution in [2.75, 3.05) is 0 Å². The number of hydrogen-bond donors (Lipinski definition) is 0. The van der Waals surface area contributed by atoms with Crippen LogP contribution in [0.25, 0.3) is 0 Å². The van der Waals surface area contributed by atoms with Gasteiger partial charge in [0.25, 0.3) is 0 Å². The van der Waals surface area contributed by atoms with Crippen LogP contribution in [0.15, 0.2) is 0 Å². The van der Waals surface area contributed by atoms with E-state index in [2.05, 4.69) is 0 Å². The molecule has 0 aromatic carbocycles. The van der Waals surface area contributed by atoms with Gasteiger partial charge < -0.3 is 0 Å². The zero-order chi connectivity index (χ0) is 0. The van der Waals surface area contributed by atoms with Crippen LogP contribution in [0.2, 0.25) is 0 Å². The third kappa shape index (κ3) is 28.2. The second-order valence-electron chi connectivity index (χ2n) is 0. The normalized spacial score (nSPS) is 0. The van der Waals surface area contributed by atoms with E-state index in [1.807, 2.05) is 0 Å². The van der Waals surface area contributed by atoms with E-state index in [4.69, 9.17) is 0 Å². The Balaban J connectivity index is 0. The van der Waals surface area contributed by atoms with Gasteiger partial charge in [0.15, 0.2) is 0 Å². The Kier molecular flexibility index (Phi) is 473. The molecule has 0 fully saturated rings. The van der Waals surface area contributed by atoms with Crippen molar-refractivity contribution >= 4 is 11.0 Å². The van der Waals surface area contributed by atoms with Crippen LogP contribution in [0.5, 0.6) is 0 Å². The first kappa shape index (κ1) is 64.6. The van der Waals surface area contributed by atoms with Gasteiger partial charge in [-0.2, -0.15) is 0 Å². The van der Waals surface area contributed by atoms with Crippen molar-refractivity contribution in [1.82, 2.24) is 0 Å². The molecule has 6 heavy (non-hydrogen) atoms. The van der Waals surface area contributed by atoms with Gasteiger partial charge in [0, 0.05) is 100 Å². The van der Waals surface area contributed by atoms with Crippen molar-refractivity contribution in [3.63, 3.8) is 0 Å². The molecule has 0 rings (SSSR count). The molecule has 0 aliphatic rings. The minimum atomic E-state index is 0. The topological polar surface area (TPSA) is 0 Å². The Labute approximate surface area is 98.6 Å². The standard InChI is InChI=1S/Cr.Fe.Mn.Mo.Ni.Si. The summed E-state index contributed by atoms with van der Waals surface area (Å²) in [6, 6.07) is 0. The Morgan fingerprint density at radius 3 is 1.00 bits per heavy atom. The molecular formula is CrFeMnMoNiSi. The molecule has 0 spiro atoms. The summed E-state index contributed by atoms with van der Waals surface area (Å²) in [5.74, 6) is 0. The SMILES string of the molecule is [Cr].[Fe].[Mn].[Mo].[Ni].[Si]. The van der Waals surface area contributed by atoms with Crippen molar-refractivity contribution in [2.45, 2.75) is 0 Å². The molecule has 0 unspecified atom stereocenters. The molecule has 0 heterocycles. The zero-order valence-electron chi connectivity index (χ0n) is 2.36. The summed E-state index contributed by atoms with van der Waals surface area (Å²) in [5.41, 5.74) is 0. The van der Waals surface area contributed by atoms with E-state index >= 15 is 0 Å². The Morgan fingerprint density at radius 2 is 1.00 bits per heavy atom. The van der Waals surface area contributed by atoms with Gasteiger partial charge in [-0.05, 0) is 0 Å². The average molecular weight is 345 g/mol. The fourth-order valence-corrected chi connectivity index (χ4v) is 0. The van der Waals surface area contributed by atoms with Crippen LogP contribution in [0, 0.1) is 0 Å². The second kappa shape index (κ2) is 43.9. The van der Waals surface area contributed by atoms with E-state index in [1.165, 1.54) is 0 Å². The maximum Gasteiger partial charge on any atom is 0 e. The van der Waals surface area contributed by atoms with Crippen LogP contribution >= 0.6 is 0 Å². The fraction of sp³-hybridized carbons (Fsp3) is 0. The van der Waals surface area contributed by atoms with E-state index in [9.17, 15) is 0 Å². The van der Waals surface area contributed by atoms with Gasteiger partial charge in [0.05, 0.1) is 0 Å². The predicted octanol–water partition coefficient (Wildman–Crippen LogP) is -0.393. The first-order chi connectivity index (χ1) is 0. The molecule has 0 aliphatic carbocycles. The molecule has 0 saturated carbocycles. The summed E-state index contributed by atoms with van der Waals surface area (Å²) in [6.07, 6.45) is 0. The Hall–Kier alpha value is 2.97. The van der Waals surface area contributed by atoms with Gasteiger partial charge in [0.1, 0.15) is 0 Å². The number of rotatable bonds is 0. The van der Waals surface area contributed by atoms with Gasteiger partial charge in [0.2, 0.25) is 0 Å². The quantitative estimate of drug-likeness (QED) is 0.525. The third-order valence-corrected chi connectivity index (χ3v) is 0. The van der Waals surface area contributed by atoms with Crippen LogP contribution in [-0.2, 0) is 89.1 Å². The van der Waals surface area contributed by atoms with Crippen LogP contribution in [0.3, 0.4) is 0 Å². The molecule has 0 aliphatic heterocycles. The monoisotopic (exact) mass is 347 g/mol. The summed E-state index contributed by atoms with van der Waals surface area (Å²) >= 11 is 0. The summed E-state index contributed by atoms with van der Waals surface area (Å²) < 4.78 is 0. The molecular weight excluding hydrogens is 345 g/mol. The van der Waals surface area contributed by atoms with Crippen LogP contribution in [0.4, 0.5) is 0 Å². The van der Waals surface area contributed by atoms with E-state index in [0.717, 1.165) is 0 Å². The van der Waals surface area contributed by atoms with E-state index in [-0.39, 0.29) is 100 Å². The minimum absolute atomic E-state index is 0. The summed E-state index contributed by atoms with van der Waals surface area (Å²) in [6.45, 7) is 0. The summed E-state index contributed by atoms with van der Waals surface area (Å²) in [5, 5.41) is 0. The van der Waals surface area contributed by atoms with E-state index < -0.39 is 0 Å². The first-order valence-electron chi connectivity index (χ1n) is 0. The molecule has 0 aromatic rings. The minimum Gasteiger partial charge on any atom is 0 e. The molecule has 0 aromatic heterocycles. The molecule has 0 saturated heterocycles. The average Bonchev–Trinajstić information content (AvgIpc) is 0. The van der Waals surface area contributed by atoms with Crippen molar-refractivity contribution in [1.29, 1.82) is 0 Å². The van der Waals surface area contributed by atoms with Crippen molar-refractivity contribution in [2.24, 2.45) is 0 Å². The van der Waals surface area contributed by atoms with Gasteiger partial charge in [-0.15, -0.1) is 0 Å².